The topological polar surface area (TPSA) is 53.6 Å². The number of hydrogen-bond acceptors (Lipinski definition) is 4. The largest absolute Gasteiger partial charge is 0.484 e. The van der Waals surface area contributed by atoms with E-state index in [0.717, 1.165) is 25.3 Å². The van der Waals surface area contributed by atoms with Crippen molar-refractivity contribution >= 4 is 17.3 Å². The lowest BCUT2D eigenvalue weighted by Crippen LogP contribution is -2.42. The number of carbonyl (C=O) groups excluding carboxylic acids is 1. The molecule has 1 aliphatic heterocycles. The number of nitrogens with one attached hydrogen (secondary N) is 2. The first-order valence-corrected chi connectivity index (χ1v) is 12.0. The van der Waals surface area contributed by atoms with Gasteiger partial charge in [0.05, 0.1) is 0 Å². The highest BCUT2D eigenvalue weighted by molar-refractivity contribution is 5.92. The molecular formula is C27H35N3O2. The van der Waals surface area contributed by atoms with Crippen LogP contribution in [0.4, 0.5) is 11.4 Å². The Hall–Kier alpha value is -2.79. The van der Waals surface area contributed by atoms with Gasteiger partial charge in [-0.05, 0) is 87.9 Å². The molecule has 0 saturated carbocycles. The molecule has 0 bridgehead atoms. The summed E-state index contributed by atoms with van der Waals surface area (Å²) in [6.45, 7) is 3.25. The van der Waals surface area contributed by atoms with Crippen LogP contribution in [0.25, 0.3) is 0 Å². The van der Waals surface area contributed by atoms with Crippen LogP contribution in [-0.2, 0) is 4.79 Å². The number of carbonyl (C=O) groups is 1. The minimum absolute atomic E-state index is 0.00353. The van der Waals surface area contributed by atoms with E-state index in [-0.39, 0.29) is 12.5 Å². The van der Waals surface area contributed by atoms with E-state index < -0.39 is 0 Å². The number of para-hydroxylation sites is 1. The Morgan fingerprint density at radius 3 is 2.50 bits per heavy atom. The van der Waals surface area contributed by atoms with Gasteiger partial charge in [0.1, 0.15) is 5.75 Å². The van der Waals surface area contributed by atoms with Crippen molar-refractivity contribution in [3.63, 3.8) is 0 Å². The van der Waals surface area contributed by atoms with E-state index in [2.05, 4.69) is 33.7 Å². The van der Waals surface area contributed by atoms with Gasteiger partial charge in [-0.1, -0.05) is 29.8 Å². The predicted molar refractivity (Wildman–Crippen MR) is 131 cm³/mol. The minimum Gasteiger partial charge on any atom is -0.484 e. The second-order valence-corrected chi connectivity index (χ2v) is 8.77. The van der Waals surface area contributed by atoms with Gasteiger partial charge in [-0.2, -0.15) is 0 Å². The number of piperidine rings is 1. The Morgan fingerprint density at radius 2 is 1.78 bits per heavy atom. The predicted octanol–water partition coefficient (Wildman–Crippen LogP) is 5.15. The zero-order valence-electron chi connectivity index (χ0n) is 18.9. The molecular weight excluding hydrogens is 398 g/mol. The summed E-state index contributed by atoms with van der Waals surface area (Å²) < 4.78 is 5.50. The molecule has 32 heavy (non-hydrogen) atoms. The Bertz CT molecular complexity index is 872. The molecule has 0 atom stereocenters. The fourth-order valence-corrected chi connectivity index (χ4v) is 4.53. The Labute approximate surface area is 191 Å². The van der Waals surface area contributed by atoms with Crippen molar-refractivity contribution in [2.45, 2.75) is 51.0 Å². The highest BCUT2D eigenvalue weighted by Gasteiger charge is 2.19. The molecule has 2 aromatic carbocycles. The number of hydrogen-bond donors (Lipinski definition) is 2. The van der Waals surface area contributed by atoms with Crippen LogP contribution in [0.15, 0.2) is 66.2 Å². The summed E-state index contributed by atoms with van der Waals surface area (Å²) in [7, 11) is 0. The zero-order chi connectivity index (χ0) is 22.0. The van der Waals surface area contributed by atoms with Crippen molar-refractivity contribution in [3.8, 4) is 5.75 Å². The van der Waals surface area contributed by atoms with E-state index >= 15 is 0 Å². The van der Waals surface area contributed by atoms with E-state index in [9.17, 15) is 4.79 Å². The van der Waals surface area contributed by atoms with Crippen LogP contribution >= 0.6 is 0 Å². The van der Waals surface area contributed by atoms with Crippen molar-refractivity contribution < 1.29 is 9.53 Å². The lowest BCUT2D eigenvalue weighted by molar-refractivity contribution is -0.118. The van der Waals surface area contributed by atoms with Gasteiger partial charge >= 0.3 is 0 Å². The first kappa shape index (κ1) is 22.4. The summed E-state index contributed by atoms with van der Waals surface area (Å²) in [5.74, 6) is 0.541. The van der Waals surface area contributed by atoms with Crippen molar-refractivity contribution in [1.82, 2.24) is 5.32 Å². The molecule has 4 rings (SSSR count). The van der Waals surface area contributed by atoms with E-state index in [0.29, 0.717) is 11.8 Å². The molecule has 1 saturated heterocycles. The number of nitrogens with zero attached hydrogens (tertiary/aromatic N) is 1. The van der Waals surface area contributed by atoms with Gasteiger partial charge in [0.25, 0.3) is 5.91 Å². The molecule has 1 fully saturated rings. The third-order valence-electron chi connectivity index (χ3n) is 6.39. The molecule has 1 amide bonds. The molecule has 2 aliphatic rings. The maximum absolute atomic E-state index is 12.1. The molecule has 1 heterocycles. The average molecular weight is 434 g/mol. The number of allylic oxidation sites excluding steroid dienone is 1. The van der Waals surface area contributed by atoms with Crippen LogP contribution in [0, 0.1) is 0 Å². The second-order valence-electron chi connectivity index (χ2n) is 8.77. The van der Waals surface area contributed by atoms with Crippen LogP contribution in [0.5, 0.6) is 5.75 Å². The smallest absolute Gasteiger partial charge is 0.262 e. The van der Waals surface area contributed by atoms with Gasteiger partial charge in [-0.15, -0.1) is 0 Å². The molecule has 5 nitrogen and oxygen atoms in total. The molecule has 0 unspecified atom stereocenters. The van der Waals surface area contributed by atoms with Crippen LogP contribution in [-0.4, -0.2) is 38.2 Å². The van der Waals surface area contributed by atoms with Crippen LogP contribution in [0.3, 0.4) is 0 Å². The number of amides is 1. The van der Waals surface area contributed by atoms with Gasteiger partial charge in [0.15, 0.2) is 6.61 Å². The summed E-state index contributed by atoms with van der Waals surface area (Å²) >= 11 is 0. The quantitative estimate of drug-likeness (QED) is 0.537. The molecule has 2 aromatic rings. The third kappa shape index (κ3) is 6.86. The van der Waals surface area contributed by atoms with Crippen molar-refractivity contribution in [1.29, 1.82) is 0 Å². The fourth-order valence-electron chi connectivity index (χ4n) is 4.53. The molecule has 1 aliphatic carbocycles. The summed E-state index contributed by atoms with van der Waals surface area (Å²) in [4.78, 5) is 14.6. The van der Waals surface area contributed by atoms with E-state index in [1.807, 2.05) is 42.5 Å². The van der Waals surface area contributed by atoms with Gasteiger partial charge in [-0.3, -0.25) is 4.79 Å². The summed E-state index contributed by atoms with van der Waals surface area (Å²) in [5.41, 5.74) is 3.67. The normalized spacial score (nSPS) is 17.0. The van der Waals surface area contributed by atoms with E-state index in [1.165, 1.54) is 50.6 Å². The summed E-state index contributed by atoms with van der Waals surface area (Å²) in [6.07, 6.45) is 11.3. The highest BCUT2D eigenvalue weighted by atomic mass is 16.5. The fraction of sp³-hybridized carbons (Fsp3) is 0.444. The van der Waals surface area contributed by atoms with Crippen molar-refractivity contribution in [3.05, 3.63) is 66.2 Å². The van der Waals surface area contributed by atoms with Gasteiger partial charge in [-0.25, -0.2) is 0 Å². The maximum Gasteiger partial charge on any atom is 0.262 e. The first-order chi connectivity index (χ1) is 15.8. The standard InChI is InChI=1S/C27H35N3O2/c31-27(21-32-26-9-5-2-6-10-26)29-24-11-13-25(14-12-24)30-19-16-23(17-20-30)28-18-15-22-7-3-1-4-8-22/h2,5-7,9-14,23,28H,1,3-4,8,15-21H2,(H,29,31). The number of ether oxygens (including phenoxy) is 1. The maximum atomic E-state index is 12.1. The number of rotatable bonds is 9. The molecule has 0 spiro atoms. The lowest BCUT2D eigenvalue weighted by atomic mass is 9.97. The number of benzene rings is 2. The Balaban J connectivity index is 1.16. The van der Waals surface area contributed by atoms with Crippen LogP contribution in [0.1, 0.15) is 44.9 Å². The Kier molecular flexibility index (Phi) is 8.21. The SMILES string of the molecule is O=C(COc1ccccc1)Nc1ccc(N2CCC(NCCC3=CCCCC3)CC2)cc1. The average Bonchev–Trinajstić information content (AvgIpc) is 2.85. The van der Waals surface area contributed by atoms with Gasteiger partial charge < -0.3 is 20.3 Å². The van der Waals surface area contributed by atoms with E-state index in [4.69, 9.17) is 4.74 Å². The first-order valence-electron chi connectivity index (χ1n) is 12.0. The monoisotopic (exact) mass is 433 g/mol. The van der Waals surface area contributed by atoms with Gasteiger partial charge in [0, 0.05) is 30.5 Å². The summed E-state index contributed by atoms with van der Waals surface area (Å²) in [6, 6.07) is 18.1. The van der Waals surface area contributed by atoms with E-state index in [1.54, 1.807) is 5.57 Å². The summed E-state index contributed by atoms with van der Waals surface area (Å²) in [5, 5.41) is 6.67. The van der Waals surface area contributed by atoms with Crippen LogP contribution < -0.4 is 20.3 Å². The highest BCUT2D eigenvalue weighted by Crippen LogP contribution is 2.23. The van der Waals surface area contributed by atoms with Crippen LogP contribution in [0.2, 0.25) is 0 Å². The van der Waals surface area contributed by atoms with Crippen molar-refractivity contribution in [2.24, 2.45) is 0 Å². The third-order valence-corrected chi connectivity index (χ3v) is 6.39. The van der Waals surface area contributed by atoms with Gasteiger partial charge in [0.2, 0.25) is 0 Å². The second kappa shape index (κ2) is 11.7. The minimum atomic E-state index is -0.155. The molecule has 0 aromatic heterocycles. The zero-order valence-corrected chi connectivity index (χ0v) is 18.9. The van der Waals surface area contributed by atoms with Crippen molar-refractivity contribution in [2.75, 3.05) is 36.5 Å². The molecule has 170 valence electrons. The lowest BCUT2D eigenvalue weighted by Gasteiger charge is -2.34. The molecule has 2 N–H and O–H groups in total. The Morgan fingerprint density at radius 1 is 1.00 bits per heavy atom. The molecule has 5 heteroatoms. The molecule has 0 radical (unpaired) electrons. The number of anilines is 2.